The predicted molar refractivity (Wildman–Crippen MR) is 63.4 cm³/mol. The van der Waals surface area contributed by atoms with Crippen molar-refractivity contribution in [3.8, 4) is 0 Å². The molecule has 1 fully saturated rings. The van der Waals surface area contributed by atoms with Crippen molar-refractivity contribution in [3.05, 3.63) is 12.7 Å². The second-order valence-electron chi connectivity index (χ2n) is 5.63. The molecule has 82 valence electrons. The maximum Gasteiger partial charge on any atom is -0.000989 e. The van der Waals surface area contributed by atoms with Gasteiger partial charge in [0.25, 0.3) is 0 Å². The molecule has 14 heavy (non-hydrogen) atoms. The number of rotatable bonds is 6. The zero-order chi connectivity index (χ0) is 10.8. The molecule has 0 spiro atoms. The Labute approximate surface area is 89.0 Å². The average Bonchev–Trinajstić information content (AvgIpc) is 2.46. The predicted octanol–water partition coefficient (Wildman–Crippen LogP) is 3.22. The SMILES string of the molecule is C=CCCCNCC1C(C)(C)C1(C)C. The van der Waals surface area contributed by atoms with Crippen molar-refractivity contribution in [2.45, 2.75) is 40.5 Å². The Hall–Kier alpha value is -0.300. The van der Waals surface area contributed by atoms with E-state index in [0.29, 0.717) is 10.8 Å². The molecule has 0 bridgehead atoms. The van der Waals surface area contributed by atoms with Crippen molar-refractivity contribution in [1.82, 2.24) is 5.32 Å². The minimum atomic E-state index is 0.526. The Morgan fingerprint density at radius 3 is 2.21 bits per heavy atom. The van der Waals surface area contributed by atoms with Gasteiger partial charge >= 0.3 is 0 Å². The van der Waals surface area contributed by atoms with Gasteiger partial charge in [-0.3, -0.25) is 0 Å². The van der Waals surface area contributed by atoms with Gasteiger partial charge in [0.2, 0.25) is 0 Å². The maximum absolute atomic E-state index is 3.72. The number of allylic oxidation sites excluding steroid dienone is 1. The minimum Gasteiger partial charge on any atom is -0.316 e. The van der Waals surface area contributed by atoms with Crippen LogP contribution in [0.1, 0.15) is 40.5 Å². The lowest BCUT2D eigenvalue weighted by Crippen LogP contribution is -2.20. The fraction of sp³-hybridized carbons (Fsp3) is 0.846. The summed E-state index contributed by atoms with van der Waals surface area (Å²) in [5.74, 6) is 0.846. The molecule has 1 heteroatoms. The van der Waals surface area contributed by atoms with Crippen LogP contribution in [0.25, 0.3) is 0 Å². The van der Waals surface area contributed by atoms with E-state index in [4.69, 9.17) is 0 Å². The molecule has 0 aliphatic heterocycles. The second kappa shape index (κ2) is 4.06. The van der Waals surface area contributed by atoms with Crippen LogP contribution in [0.15, 0.2) is 12.7 Å². The van der Waals surface area contributed by atoms with E-state index in [1.807, 2.05) is 6.08 Å². The van der Waals surface area contributed by atoms with Crippen LogP contribution in [-0.4, -0.2) is 13.1 Å². The van der Waals surface area contributed by atoms with Gasteiger partial charge in [-0.25, -0.2) is 0 Å². The molecule has 1 aliphatic carbocycles. The van der Waals surface area contributed by atoms with Crippen LogP contribution >= 0.6 is 0 Å². The lowest BCUT2D eigenvalue weighted by Gasteiger charge is -2.04. The van der Waals surface area contributed by atoms with Crippen LogP contribution in [-0.2, 0) is 0 Å². The molecule has 1 aliphatic rings. The summed E-state index contributed by atoms with van der Waals surface area (Å²) >= 11 is 0. The van der Waals surface area contributed by atoms with Crippen LogP contribution in [0.3, 0.4) is 0 Å². The van der Waals surface area contributed by atoms with Crippen molar-refractivity contribution in [1.29, 1.82) is 0 Å². The molecule has 0 aromatic carbocycles. The molecule has 1 nitrogen and oxygen atoms in total. The van der Waals surface area contributed by atoms with E-state index >= 15 is 0 Å². The smallest absolute Gasteiger partial charge is 0.000989 e. The number of unbranched alkanes of at least 4 members (excludes halogenated alkanes) is 1. The van der Waals surface area contributed by atoms with Crippen molar-refractivity contribution in [2.24, 2.45) is 16.7 Å². The molecule has 1 saturated carbocycles. The van der Waals surface area contributed by atoms with Crippen LogP contribution < -0.4 is 5.32 Å². The van der Waals surface area contributed by atoms with E-state index in [2.05, 4.69) is 39.6 Å². The normalized spacial score (nSPS) is 23.4. The lowest BCUT2D eigenvalue weighted by atomic mass is 10.0. The van der Waals surface area contributed by atoms with Crippen LogP contribution in [0.5, 0.6) is 0 Å². The van der Waals surface area contributed by atoms with Crippen molar-refractivity contribution >= 4 is 0 Å². The van der Waals surface area contributed by atoms with E-state index in [1.165, 1.54) is 13.0 Å². The second-order valence-corrected chi connectivity index (χ2v) is 5.63. The molecular formula is C13H25N. The maximum atomic E-state index is 3.72. The Balaban J connectivity index is 2.13. The highest BCUT2D eigenvalue weighted by molar-refractivity contribution is 5.12. The molecule has 1 N–H and O–H groups in total. The van der Waals surface area contributed by atoms with E-state index in [9.17, 15) is 0 Å². The summed E-state index contributed by atoms with van der Waals surface area (Å²) in [4.78, 5) is 0. The largest absolute Gasteiger partial charge is 0.316 e. The molecule has 0 saturated heterocycles. The summed E-state index contributed by atoms with van der Waals surface area (Å²) in [5, 5.41) is 3.55. The summed E-state index contributed by atoms with van der Waals surface area (Å²) in [7, 11) is 0. The van der Waals surface area contributed by atoms with Crippen LogP contribution in [0.4, 0.5) is 0 Å². The third-order valence-corrected chi connectivity index (χ3v) is 4.43. The zero-order valence-electron chi connectivity index (χ0n) is 10.2. The first-order chi connectivity index (χ1) is 6.44. The van der Waals surface area contributed by atoms with Gasteiger partial charge < -0.3 is 5.32 Å². The molecule has 0 aromatic heterocycles. The van der Waals surface area contributed by atoms with E-state index in [0.717, 1.165) is 18.9 Å². The van der Waals surface area contributed by atoms with Gasteiger partial charge in [-0.05, 0) is 42.7 Å². The van der Waals surface area contributed by atoms with Gasteiger partial charge in [0.05, 0.1) is 0 Å². The third kappa shape index (κ3) is 2.03. The van der Waals surface area contributed by atoms with Crippen LogP contribution in [0, 0.1) is 16.7 Å². The highest BCUT2D eigenvalue weighted by Crippen LogP contribution is 2.67. The van der Waals surface area contributed by atoms with Crippen molar-refractivity contribution in [2.75, 3.05) is 13.1 Å². The first-order valence-electron chi connectivity index (χ1n) is 5.76. The Kier molecular flexibility index (Phi) is 3.41. The highest BCUT2D eigenvalue weighted by Gasteiger charge is 2.63. The Morgan fingerprint density at radius 1 is 1.21 bits per heavy atom. The summed E-state index contributed by atoms with van der Waals surface area (Å²) in [6, 6.07) is 0. The standard InChI is InChI=1S/C13H25N/c1-6-7-8-9-14-10-11-12(2,3)13(11,4)5/h6,11,14H,1,7-10H2,2-5H3. The van der Waals surface area contributed by atoms with E-state index in [-0.39, 0.29) is 0 Å². The fourth-order valence-corrected chi connectivity index (χ4v) is 2.46. The number of hydrogen-bond acceptors (Lipinski definition) is 1. The molecule has 0 atom stereocenters. The number of nitrogens with one attached hydrogen (secondary N) is 1. The number of hydrogen-bond donors (Lipinski definition) is 1. The van der Waals surface area contributed by atoms with Gasteiger partial charge in [-0.15, -0.1) is 6.58 Å². The summed E-state index contributed by atoms with van der Waals surface area (Å²) < 4.78 is 0. The topological polar surface area (TPSA) is 12.0 Å². The van der Waals surface area contributed by atoms with E-state index in [1.54, 1.807) is 0 Å². The highest BCUT2D eigenvalue weighted by atomic mass is 14.9. The van der Waals surface area contributed by atoms with Crippen molar-refractivity contribution < 1.29 is 0 Å². The molecule has 0 unspecified atom stereocenters. The Bertz CT molecular complexity index is 189. The van der Waals surface area contributed by atoms with Gasteiger partial charge in [-0.2, -0.15) is 0 Å². The first-order valence-corrected chi connectivity index (χ1v) is 5.76. The molecule has 0 amide bonds. The first kappa shape index (κ1) is 11.8. The monoisotopic (exact) mass is 195 g/mol. The Morgan fingerprint density at radius 2 is 1.79 bits per heavy atom. The summed E-state index contributed by atoms with van der Waals surface area (Å²) in [6.07, 6.45) is 4.34. The lowest BCUT2D eigenvalue weighted by molar-refractivity contribution is 0.457. The molecular weight excluding hydrogens is 170 g/mol. The quantitative estimate of drug-likeness (QED) is 0.507. The summed E-state index contributed by atoms with van der Waals surface area (Å²) in [6.45, 7) is 15.5. The average molecular weight is 195 g/mol. The molecule has 0 aromatic rings. The third-order valence-electron chi connectivity index (χ3n) is 4.43. The fourth-order valence-electron chi connectivity index (χ4n) is 2.46. The van der Waals surface area contributed by atoms with Gasteiger partial charge in [0.1, 0.15) is 0 Å². The minimum absolute atomic E-state index is 0.526. The van der Waals surface area contributed by atoms with Gasteiger partial charge in [-0.1, -0.05) is 33.8 Å². The van der Waals surface area contributed by atoms with Crippen LogP contribution in [0.2, 0.25) is 0 Å². The van der Waals surface area contributed by atoms with Crippen molar-refractivity contribution in [3.63, 3.8) is 0 Å². The van der Waals surface area contributed by atoms with E-state index < -0.39 is 0 Å². The molecule has 1 rings (SSSR count). The van der Waals surface area contributed by atoms with Gasteiger partial charge in [0, 0.05) is 0 Å². The molecule has 0 radical (unpaired) electrons. The van der Waals surface area contributed by atoms with Gasteiger partial charge in [0.15, 0.2) is 0 Å². The molecule has 0 heterocycles. The zero-order valence-corrected chi connectivity index (χ0v) is 10.2. The summed E-state index contributed by atoms with van der Waals surface area (Å²) in [5.41, 5.74) is 1.05.